The van der Waals surface area contributed by atoms with Crippen LogP contribution in [0.5, 0.6) is 0 Å². The average molecular weight is 468 g/mol. The number of fused-ring (bicyclic) bond motifs is 1. The smallest absolute Gasteiger partial charge is 0.407 e. The quantitative estimate of drug-likeness (QED) is 0.498. The number of nitrogens with one attached hydrogen (secondary N) is 1. The molecule has 0 saturated carbocycles. The predicted molar refractivity (Wildman–Crippen MR) is 127 cm³/mol. The number of hydrogen-bond acceptors (Lipinski definition) is 5. The van der Waals surface area contributed by atoms with Crippen molar-refractivity contribution in [2.45, 2.75) is 43.7 Å². The van der Waals surface area contributed by atoms with Crippen LogP contribution in [-0.4, -0.2) is 42.9 Å². The normalized spacial score (nSPS) is 18.9. The van der Waals surface area contributed by atoms with E-state index in [0.717, 1.165) is 17.4 Å². The number of carbonyl (C=O) groups is 1. The van der Waals surface area contributed by atoms with E-state index in [9.17, 15) is 13.2 Å². The van der Waals surface area contributed by atoms with Crippen LogP contribution >= 0.6 is 0 Å². The Kier molecular flexibility index (Phi) is 7.25. The summed E-state index contributed by atoms with van der Waals surface area (Å²) in [6.07, 6.45) is 5.00. The molecule has 1 amide bonds. The first-order chi connectivity index (χ1) is 16.0. The molecule has 8 heteroatoms. The van der Waals surface area contributed by atoms with Crippen molar-refractivity contribution in [3.63, 3.8) is 0 Å². The van der Waals surface area contributed by atoms with Crippen LogP contribution in [0.15, 0.2) is 71.9 Å². The molecule has 174 valence electrons. The van der Waals surface area contributed by atoms with Crippen molar-refractivity contribution >= 4 is 26.9 Å². The van der Waals surface area contributed by atoms with Crippen LogP contribution in [0.25, 0.3) is 10.8 Å². The topological polar surface area (TPSA) is 88.6 Å². The molecular formula is C25H29N3O4S. The molecule has 0 aliphatic carbocycles. The summed E-state index contributed by atoms with van der Waals surface area (Å²) in [5.74, 6) is 0.251. The van der Waals surface area contributed by atoms with Crippen molar-refractivity contribution in [2.75, 3.05) is 13.1 Å². The van der Waals surface area contributed by atoms with Crippen LogP contribution in [0.4, 0.5) is 4.79 Å². The SMILES string of the molecule is CC1CCN(S(=O)(=O)c2cccc3cnccc23)C1CCCNC(=O)OCc1ccccc1. The summed E-state index contributed by atoms with van der Waals surface area (Å²) in [7, 11) is -3.65. The van der Waals surface area contributed by atoms with Crippen LogP contribution in [0, 0.1) is 5.92 Å². The Morgan fingerprint density at radius 3 is 2.79 bits per heavy atom. The zero-order valence-electron chi connectivity index (χ0n) is 18.7. The van der Waals surface area contributed by atoms with Gasteiger partial charge in [0.05, 0.1) is 4.90 Å². The number of sulfonamides is 1. The highest BCUT2D eigenvalue weighted by Gasteiger charge is 2.39. The Bertz CT molecular complexity index is 1200. The molecule has 1 aliphatic heterocycles. The van der Waals surface area contributed by atoms with Crippen molar-refractivity contribution in [1.82, 2.24) is 14.6 Å². The summed E-state index contributed by atoms with van der Waals surface area (Å²) in [6.45, 7) is 3.25. The second-order valence-corrected chi connectivity index (χ2v) is 10.3. The minimum absolute atomic E-state index is 0.103. The van der Waals surface area contributed by atoms with Crippen molar-refractivity contribution in [2.24, 2.45) is 5.92 Å². The summed E-state index contributed by atoms with van der Waals surface area (Å²) in [5, 5.41) is 4.26. The van der Waals surface area contributed by atoms with E-state index in [1.165, 1.54) is 0 Å². The Balaban J connectivity index is 1.35. The summed E-state index contributed by atoms with van der Waals surface area (Å²) in [5.41, 5.74) is 0.928. The van der Waals surface area contributed by atoms with E-state index in [1.807, 2.05) is 36.4 Å². The van der Waals surface area contributed by atoms with E-state index in [-0.39, 0.29) is 18.6 Å². The standard InChI is InChI=1S/C25H29N3O4S/c1-19-13-16-28(33(30,31)24-11-5-9-21-17-26-15-12-22(21)24)23(19)10-6-14-27-25(29)32-18-20-7-3-2-4-8-20/h2-5,7-9,11-12,15,17,19,23H,6,10,13-14,16,18H2,1H3,(H,27,29). The summed E-state index contributed by atoms with van der Waals surface area (Å²) in [6, 6.07) is 16.5. The minimum atomic E-state index is -3.65. The highest BCUT2D eigenvalue weighted by atomic mass is 32.2. The zero-order valence-corrected chi connectivity index (χ0v) is 19.5. The lowest BCUT2D eigenvalue weighted by Gasteiger charge is -2.27. The monoisotopic (exact) mass is 467 g/mol. The van der Waals surface area contributed by atoms with E-state index in [1.54, 1.807) is 34.9 Å². The number of hydrogen-bond donors (Lipinski definition) is 1. The van der Waals surface area contributed by atoms with E-state index in [2.05, 4.69) is 17.2 Å². The molecule has 2 unspecified atom stereocenters. The van der Waals surface area contributed by atoms with Gasteiger partial charge in [-0.05, 0) is 42.9 Å². The second kappa shape index (κ2) is 10.3. The fourth-order valence-electron chi connectivity index (χ4n) is 4.42. The molecule has 1 aromatic heterocycles. The van der Waals surface area contributed by atoms with Crippen LogP contribution in [0.2, 0.25) is 0 Å². The Hall–Kier alpha value is -2.97. The molecule has 2 aromatic carbocycles. The third kappa shape index (κ3) is 5.34. The van der Waals surface area contributed by atoms with Crippen LogP contribution in [-0.2, 0) is 21.4 Å². The number of aromatic nitrogens is 1. The average Bonchev–Trinajstić information content (AvgIpc) is 3.21. The molecule has 7 nitrogen and oxygen atoms in total. The minimum Gasteiger partial charge on any atom is -0.445 e. The van der Waals surface area contributed by atoms with Gasteiger partial charge in [0.1, 0.15) is 6.61 Å². The number of amides is 1. The fraction of sp³-hybridized carbons (Fsp3) is 0.360. The molecule has 1 fully saturated rings. The van der Waals surface area contributed by atoms with Crippen LogP contribution < -0.4 is 5.32 Å². The fourth-order valence-corrected chi connectivity index (χ4v) is 6.40. The Morgan fingerprint density at radius 2 is 1.97 bits per heavy atom. The largest absolute Gasteiger partial charge is 0.445 e. The molecule has 0 radical (unpaired) electrons. The Labute approximate surface area is 194 Å². The molecule has 1 N–H and O–H groups in total. The first kappa shape index (κ1) is 23.2. The number of alkyl carbamates (subject to hydrolysis) is 1. The van der Waals surface area contributed by atoms with Gasteiger partial charge in [-0.25, -0.2) is 13.2 Å². The van der Waals surface area contributed by atoms with Gasteiger partial charge in [0.15, 0.2) is 0 Å². The number of pyridine rings is 1. The zero-order chi connectivity index (χ0) is 23.3. The summed E-state index contributed by atoms with van der Waals surface area (Å²) in [4.78, 5) is 16.4. The lowest BCUT2D eigenvalue weighted by atomic mass is 9.99. The van der Waals surface area contributed by atoms with Crippen LogP contribution in [0.1, 0.15) is 31.7 Å². The molecule has 1 saturated heterocycles. The molecule has 3 aromatic rings. The number of rotatable bonds is 8. The maximum Gasteiger partial charge on any atom is 0.407 e. The number of benzene rings is 2. The number of carbonyl (C=O) groups excluding carboxylic acids is 1. The van der Waals surface area contributed by atoms with Crippen molar-refractivity contribution in [1.29, 1.82) is 0 Å². The molecule has 1 aliphatic rings. The van der Waals surface area contributed by atoms with E-state index in [4.69, 9.17) is 4.74 Å². The number of nitrogens with zero attached hydrogens (tertiary/aromatic N) is 2. The van der Waals surface area contributed by atoms with Gasteiger partial charge in [-0.3, -0.25) is 4.98 Å². The lowest BCUT2D eigenvalue weighted by molar-refractivity contribution is 0.139. The third-order valence-corrected chi connectivity index (χ3v) is 8.20. The molecule has 0 spiro atoms. The molecule has 4 rings (SSSR count). The number of ether oxygens (including phenoxy) is 1. The molecule has 2 atom stereocenters. The molecule has 0 bridgehead atoms. The van der Waals surface area contributed by atoms with Crippen molar-refractivity contribution in [3.05, 3.63) is 72.6 Å². The van der Waals surface area contributed by atoms with Gasteiger partial charge < -0.3 is 10.1 Å². The van der Waals surface area contributed by atoms with Crippen LogP contribution in [0.3, 0.4) is 0 Å². The first-order valence-electron chi connectivity index (χ1n) is 11.3. The van der Waals surface area contributed by atoms with Gasteiger partial charge in [0, 0.05) is 42.3 Å². The second-order valence-electron chi connectivity index (χ2n) is 8.43. The van der Waals surface area contributed by atoms with Gasteiger partial charge in [0.25, 0.3) is 0 Å². The summed E-state index contributed by atoms with van der Waals surface area (Å²) < 4.78 is 34.0. The summed E-state index contributed by atoms with van der Waals surface area (Å²) >= 11 is 0. The maximum atomic E-state index is 13.6. The third-order valence-electron chi connectivity index (χ3n) is 6.22. The van der Waals surface area contributed by atoms with E-state index >= 15 is 0 Å². The van der Waals surface area contributed by atoms with Gasteiger partial charge in [-0.15, -0.1) is 0 Å². The van der Waals surface area contributed by atoms with Crippen molar-refractivity contribution < 1.29 is 17.9 Å². The van der Waals surface area contributed by atoms with E-state index < -0.39 is 16.1 Å². The highest BCUT2D eigenvalue weighted by molar-refractivity contribution is 7.89. The highest BCUT2D eigenvalue weighted by Crippen LogP contribution is 2.34. The van der Waals surface area contributed by atoms with Gasteiger partial charge in [-0.2, -0.15) is 4.31 Å². The Morgan fingerprint density at radius 1 is 1.15 bits per heavy atom. The van der Waals surface area contributed by atoms with Crippen molar-refractivity contribution in [3.8, 4) is 0 Å². The first-order valence-corrected chi connectivity index (χ1v) is 12.7. The van der Waals surface area contributed by atoms with Gasteiger partial charge in [0.2, 0.25) is 10.0 Å². The van der Waals surface area contributed by atoms with Gasteiger partial charge in [-0.1, -0.05) is 49.4 Å². The van der Waals surface area contributed by atoms with E-state index in [0.29, 0.717) is 36.2 Å². The molecular weight excluding hydrogens is 438 g/mol. The van der Waals surface area contributed by atoms with Gasteiger partial charge >= 0.3 is 6.09 Å². The maximum absolute atomic E-state index is 13.6. The molecule has 2 heterocycles. The lowest BCUT2D eigenvalue weighted by Crippen LogP contribution is -2.38. The predicted octanol–water partition coefficient (Wildman–Crippen LogP) is 4.34. The molecule has 33 heavy (non-hydrogen) atoms.